The van der Waals surface area contributed by atoms with E-state index >= 15 is 0 Å². The van der Waals surface area contributed by atoms with Crippen LogP contribution in [0, 0.1) is 5.92 Å². The van der Waals surface area contributed by atoms with Gasteiger partial charge in [0.05, 0.1) is 0 Å². The molecule has 0 radical (unpaired) electrons. The van der Waals surface area contributed by atoms with Crippen molar-refractivity contribution in [2.24, 2.45) is 5.92 Å². The van der Waals surface area contributed by atoms with Crippen LogP contribution in [0.3, 0.4) is 0 Å². The Morgan fingerprint density at radius 2 is 2.25 bits per heavy atom. The number of rotatable bonds is 3. The number of carbonyl (C=O) groups excluding carboxylic acids is 1. The maximum Gasteiger partial charge on any atom is 1.00 e. The van der Waals surface area contributed by atoms with Gasteiger partial charge in [0.1, 0.15) is 6.29 Å². The molecule has 2 heteroatoms. The number of carbonyl (C=O) groups is 1. The summed E-state index contributed by atoms with van der Waals surface area (Å²) in [5.41, 5.74) is 0. The zero-order valence-corrected chi connectivity index (χ0v) is 7.98. The largest absolute Gasteiger partial charge is 1.00 e. The molecule has 0 aromatic rings. The second-order valence-electron chi connectivity index (χ2n) is 1.90. The van der Waals surface area contributed by atoms with Crippen LogP contribution in [-0.2, 0) is 4.79 Å². The minimum atomic E-state index is 0. The summed E-state index contributed by atoms with van der Waals surface area (Å²) in [5, 5.41) is 0. The molecular weight excluding hydrogens is 111 g/mol. The Bertz CT molecular complexity index is 59.0. The third kappa shape index (κ3) is 6.67. The van der Waals surface area contributed by atoms with E-state index < -0.39 is 0 Å². The van der Waals surface area contributed by atoms with E-state index in [0.29, 0.717) is 0 Å². The molecule has 0 saturated heterocycles. The molecule has 0 aliphatic rings. The maximum absolute atomic E-state index is 9.89. The first-order valence-electron chi connectivity index (χ1n) is 2.76. The Kier molecular flexibility index (Phi) is 11.0. The molecule has 0 aromatic heterocycles. The van der Waals surface area contributed by atoms with Crippen LogP contribution in [0.25, 0.3) is 0 Å². The Hall–Kier alpha value is 0.670. The van der Waals surface area contributed by atoms with Crippen LogP contribution in [0.5, 0.6) is 0 Å². The summed E-state index contributed by atoms with van der Waals surface area (Å²) >= 11 is 0. The van der Waals surface area contributed by atoms with Crippen LogP contribution < -0.4 is 29.6 Å². The molecule has 8 heavy (non-hydrogen) atoms. The van der Waals surface area contributed by atoms with E-state index in [-0.39, 0.29) is 36.9 Å². The fourth-order valence-electron chi connectivity index (χ4n) is 0.523. The van der Waals surface area contributed by atoms with Crippen molar-refractivity contribution in [1.82, 2.24) is 0 Å². The molecule has 0 bridgehead atoms. The van der Waals surface area contributed by atoms with Crippen LogP contribution in [0.15, 0.2) is 0 Å². The first-order valence-corrected chi connectivity index (χ1v) is 2.76. The monoisotopic (exact) mass is 124 g/mol. The number of hydrogen-bond acceptors (Lipinski definition) is 1. The summed E-state index contributed by atoms with van der Waals surface area (Å²) in [6, 6.07) is 0. The zero-order valence-electron chi connectivity index (χ0n) is 6.98. The van der Waals surface area contributed by atoms with Crippen LogP contribution in [0.1, 0.15) is 28.1 Å². The summed E-state index contributed by atoms with van der Waals surface area (Å²) in [5.74, 6) is 0.269. The van der Waals surface area contributed by atoms with Crippen molar-refractivity contribution in [3.63, 3.8) is 0 Å². The van der Waals surface area contributed by atoms with Crippen molar-refractivity contribution in [1.29, 1.82) is 0 Å². The average molecular weight is 124 g/mol. The van der Waals surface area contributed by atoms with Crippen molar-refractivity contribution in [2.45, 2.75) is 26.7 Å². The van der Waals surface area contributed by atoms with Crippen molar-refractivity contribution < 1.29 is 35.8 Å². The van der Waals surface area contributed by atoms with Gasteiger partial charge >= 0.3 is 29.6 Å². The Morgan fingerprint density at radius 1 is 1.75 bits per heavy atom. The molecular formula is C6H13NaO. The van der Waals surface area contributed by atoms with Crippen molar-refractivity contribution in [3.05, 3.63) is 0 Å². The van der Waals surface area contributed by atoms with Crippen LogP contribution in [0.2, 0.25) is 0 Å². The number of hydrogen-bond donors (Lipinski definition) is 0. The van der Waals surface area contributed by atoms with Crippen LogP contribution in [-0.4, -0.2) is 6.29 Å². The van der Waals surface area contributed by atoms with E-state index in [1.54, 1.807) is 0 Å². The summed E-state index contributed by atoms with van der Waals surface area (Å²) in [4.78, 5) is 9.89. The Morgan fingerprint density at radius 3 is 2.38 bits per heavy atom. The molecule has 0 rings (SSSR count). The van der Waals surface area contributed by atoms with Crippen molar-refractivity contribution in [2.75, 3.05) is 0 Å². The molecule has 1 nitrogen and oxygen atoms in total. The maximum atomic E-state index is 9.89. The fraction of sp³-hybridized carbons (Fsp3) is 0.833. The van der Waals surface area contributed by atoms with Gasteiger partial charge in [0.2, 0.25) is 0 Å². The number of aldehydes is 1. The van der Waals surface area contributed by atoms with E-state index in [1.165, 1.54) is 0 Å². The second-order valence-corrected chi connectivity index (χ2v) is 1.90. The third-order valence-electron chi connectivity index (χ3n) is 0.976. The SMILES string of the molecule is CCCC(C)C=O.[H-].[Na+]. The van der Waals surface area contributed by atoms with Gasteiger partial charge in [-0.1, -0.05) is 20.3 Å². The van der Waals surface area contributed by atoms with E-state index in [1.807, 2.05) is 6.92 Å². The first kappa shape index (κ1) is 11.5. The molecule has 0 fully saturated rings. The molecule has 1 unspecified atom stereocenters. The van der Waals surface area contributed by atoms with Gasteiger partial charge in [-0.25, -0.2) is 0 Å². The molecule has 44 valence electrons. The minimum absolute atomic E-state index is 0. The minimum Gasteiger partial charge on any atom is -1.00 e. The predicted octanol–water partition coefficient (Wildman–Crippen LogP) is -1.26. The third-order valence-corrected chi connectivity index (χ3v) is 0.976. The molecule has 0 aliphatic carbocycles. The van der Waals surface area contributed by atoms with Gasteiger partial charge in [0.15, 0.2) is 0 Å². The second kappa shape index (κ2) is 7.67. The Balaban J connectivity index is -0.000000180. The molecule has 0 aromatic carbocycles. The molecule has 0 heterocycles. The van der Waals surface area contributed by atoms with Gasteiger partial charge in [-0.3, -0.25) is 0 Å². The van der Waals surface area contributed by atoms with Gasteiger partial charge in [-0.15, -0.1) is 0 Å². The van der Waals surface area contributed by atoms with Crippen LogP contribution >= 0.6 is 0 Å². The molecule has 0 saturated carbocycles. The summed E-state index contributed by atoms with van der Waals surface area (Å²) < 4.78 is 0. The van der Waals surface area contributed by atoms with Gasteiger partial charge in [-0.2, -0.15) is 0 Å². The molecule has 0 N–H and O–H groups in total. The predicted molar refractivity (Wildman–Crippen MR) is 31.2 cm³/mol. The average Bonchev–Trinajstić information content (AvgIpc) is 1.68. The Labute approximate surface area is 74.6 Å². The molecule has 0 amide bonds. The summed E-state index contributed by atoms with van der Waals surface area (Å²) in [6.07, 6.45) is 3.15. The van der Waals surface area contributed by atoms with Crippen molar-refractivity contribution in [3.8, 4) is 0 Å². The van der Waals surface area contributed by atoms with E-state index in [2.05, 4.69) is 6.92 Å². The summed E-state index contributed by atoms with van der Waals surface area (Å²) in [6.45, 7) is 4.02. The van der Waals surface area contributed by atoms with Gasteiger partial charge in [-0.05, 0) is 6.42 Å². The zero-order chi connectivity index (χ0) is 5.70. The van der Waals surface area contributed by atoms with Crippen LogP contribution in [0.4, 0.5) is 0 Å². The van der Waals surface area contributed by atoms with Gasteiger partial charge in [0, 0.05) is 5.92 Å². The molecule has 0 spiro atoms. The normalized spacial score (nSPS) is 11.8. The quantitative estimate of drug-likeness (QED) is 0.339. The van der Waals surface area contributed by atoms with E-state index in [4.69, 9.17) is 0 Å². The topological polar surface area (TPSA) is 17.1 Å². The molecule has 0 aliphatic heterocycles. The summed E-state index contributed by atoms with van der Waals surface area (Å²) in [7, 11) is 0. The van der Waals surface area contributed by atoms with Gasteiger partial charge in [0.25, 0.3) is 0 Å². The fourth-order valence-corrected chi connectivity index (χ4v) is 0.523. The van der Waals surface area contributed by atoms with Gasteiger partial charge < -0.3 is 6.22 Å². The smallest absolute Gasteiger partial charge is 1.00 e. The van der Waals surface area contributed by atoms with E-state index in [9.17, 15) is 4.79 Å². The standard InChI is InChI=1S/C6H12O.Na.H/c1-3-4-6(2)5-7;;/h5-6H,3-4H2,1-2H3;;/q;+1;-1. The molecule has 1 atom stereocenters. The van der Waals surface area contributed by atoms with Crippen molar-refractivity contribution >= 4 is 6.29 Å². The first-order chi connectivity index (χ1) is 3.31. The van der Waals surface area contributed by atoms with E-state index in [0.717, 1.165) is 19.1 Å².